The number of rotatable bonds is 7. The summed E-state index contributed by atoms with van der Waals surface area (Å²) in [4.78, 5) is 14.8. The summed E-state index contributed by atoms with van der Waals surface area (Å²) in [5, 5.41) is 17.8. The highest BCUT2D eigenvalue weighted by molar-refractivity contribution is 6.03. The average molecular weight is 449 g/mol. The van der Waals surface area contributed by atoms with Crippen molar-refractivity contribution in [2.45, 2.75) is 26.4 Å². The van der Waals surface area contributed by atoms with Gasteiger partial charge in [0.2, 0.25) is 0 Å². The minimum atomic E-state index is -0.442. The van der Waals surface area contributed by atoms with Gasteiger partial charge in [0.25, 0.3) is 5.69 Å². The van der Waals surface area contributed by atoms with Crippen LogP contribution in [0.4, 0.5) is 11.4 Å². The van der Waals surface area contributed by atoms with E-state index < -0.39 is 4.92 Å². The van der Waals surface area contributed by atoms with Crippen molar-refractivity contribution in [1.29, 1.82) is 0 Å². The second-order valence-corrected chi connectivity index (χ2v) is 7.05. The molecule has 0 amide bonds. The van der Waals surface area contributed by atoms with Crippen LogP contribution >= 0.6 is 0 Å². The molecule has 0 fully saturated rings. The van der Waals surface area contributed by atoms with Crippen molar-refractivity contribution in [1.82, 2.24) is 15.4 Å². The maximum absolute atomic E-state index is 11.1. The number of nitrogens with one attached hydrogen (secondary N) is 2. The van der Waals surface area contributed by atoms with Crippen LogP contribution in [0, 0.1) is 10.1 Å². The first-order valence-corrected chi connectivity index (χ1v) is 10.7. The molecule has 0 bridgehead atoms. The largest absolute Gasteiger partial charge is 0.495 e. The predicted octanol–water partition coefficient (Wildman–Crippen LogP) is 4.53. The topological polar surface area (TPSA) is 105 Å². The van der Waals surface area contributed by atoms with Crippen LogP contribution in [0.1, 0.15) is 36.7 Å². The van der Waals surface area contributed by atoms with E-state index in [1.165, 1.54) is 19.2 Å². The third kappa shape index (κ3) is 5.45. The third-order valence-corrected chi connectivity index (χ3v) is 5.08. The summed E-state index contributed by atoms with van der Waals surface area (Å²) < 4.78 is 5.33. The van der Waals surface area contributed by atoms with Gasteiger partial charge >= 0.3 is 0 Å². The summed E-state index contributed by atoms with van der Waals surface area (Å²) in [7, 11) is 3.40. The van der Waals surface area contributed by atoms with E-state index in [2.05, 4.69) is 15.8 Å². The molecule has 172 valence electrons. The number of ether oxygens (including phenoxy) is 1. The molecule has 1 unspecified atom stereocenters. The number of methoxy groups -OCH3 is 1. The normalized spacial score (nSPS) is 14.4. The molecular weight excluding hydrogens is 420 g/mol. The number of non-ortho nitro benzene ring substituents is 1. The summed E-state index contributed by atoms with van der Waals surface area (Å²) in [6.45, 7) is 4.00. The Hall–Kier alpha value is -3.98. The van der Waals surface area contributed by atoms with Crippen LogP contribution in [-0.4, -0.2) is 34.8 Å². The number of nitrogens with zero attached hydrogens (tertiary/aromatic N) is 4. The van der Waals surface area contributed by atoms with Gasteiger partial charge in [-0.2, -0.15) is 5.10 Å². The van der Waals surface area contributed by atoms with Crippen molar-refractivity contribution >= 4 is 17.1 Å². The Bertz CT molecular complexity index is 1120. The molecular formula is C24H28N6O3. The smallest absolute Gasteiger partial charge is 0.271 e. The molecule has 0 spiro atoms. The number of hydrazone groups is 1. The zero-order valence-electron chi connectivity index (χ0n) is 19.1. The standard InChI is InChI=1S/C22H22N6O3.C2H6/c1-27-22(25-24-20-14-16(28(29)30)7-8-21(20)31-2)18-6-4-3-5-17(18)19(26-27)13-15-9-11-23-12-10-15;1-2/h3-12,14,22,24-25H,13H2,1-2H3;1-2H3. The highest BCUT2D eigenvalue weighted by Gasteiger charge is 2.26. The molecule has 33 heavy (non-hydrogen) atoms. The monoisotopic (exact) mass is 448 g/mol. The zero-order chi connectivity index (χ0) is 23.8. The number of anilines is 1. The molecule has 1 aromatic heterocycles. The lowest BCUT2D eigenvalue weighted by Gasteiger charge is -2.34. The second kappa shape index (κ2) is 11.1. The van der Waals surface area contributed by atoms with E-state index in [-0.39, 0.29) is 11.9 Å². The van der Waals surface area contributed by atoms with E-state index in [9.17, 15) is 10.1 Å². The molecule has 2 aromatic carbocycles. The highest BCUT2D eigenvalue weighted by Crippen LogP contribution is 2.31. The summed E-state index contributed by atoms with van der Waals surface area (Å²) in [5.74, 6) is 0.492. The molecule has 1 atom stereocenters. The molecule has 2 heterocycles. The number of hydrogen-bond donors (Lipinski definition) is 2. The molecule has 3 aromatic rings. The van der Waals surface area contributed by atoms with E-state index in [0.29, 0.717) is 17.9 Å². The summed E-state index contributed by atoms with van der Waals surface area (Å²) >= 11 is 0. The van der Waals surface area contributed by atoms with Crippen molar-refractivity contribution in [2.75, 3.05) is 19.6 Å². The Morgan fingerprint density at radius 2 is 1.85 bits per heavy atom. The molecule has 0 saturated carbocycles. The van der Waals surface area contributed by atoms with Gasteiger partial charge in [-0.15, -0.1) is 0 Å². The Labute approximate surface area is 193 Å². The van der Waals surface area contributed by atoms with Gasteiger partial charge in [-0.1, -0.05) is 38.1 Å². The fourth-order valence-corrected chi connectivity index (χ4v) is 3.55. The van der Waals surface area contributed by atoms with Gasteiger partial charge in [-0.05, 0) is 23.8 Å². The first-order valence-electron chi connectivity index (χ1n) is 10.7. The molecule has 0 aliphatic carbocycles. The van der Waals surface area contributed by atoms with Crippen molar-refractivity contribution in [3.05, 3.63) is 93.8 Å². The van der Waals surface area contributed by atoms with Crippen LogP contribution in [0.2, 0.25) is 0 Å². The molecule has 9 nitrogen and oxygen atoms in total. The first-order chi connectivity index (χ1) is 16.1. The van der Waals surface area contributed by atoms with Crippen molar-refractivity contribution < 1.29 is 9.66 Å². The van der Waals surface area contributed by atoms with Crippen LogP contribution in [0.15, 0.2) is 72.1 Å². The van der Waals surface area contributed by atoms with E-state index in [1.54, 1.807) is 18.5 Å². The lowest BCUT2D eigenvalue weighted by atomic mass is 9.95. The Morgan fingerprint density at radius 3 is 2.55 bits per heavy atom. The van der Waals surface area contributed by atoms with Crippen molar-refractivity contribution in [3.63, 3.8) is 0 Å². The van der Waals surface area contributed by atoms with Crippen LogP contribution < -0.4 is 15.6 Å². The van der Waals surface area contributed by atoms with E-state index >= 15 is 0 Å². The lowest BCUT2D eigenvalue weighted by Crippen LogP contribution is -2.40. The van der Waals surface area contributed by atoms with Crippen molar-refractivity contribution in [2.24, 2.45) is 5.10 Å². The molecule has 1 aliphatic rings. The van der Waals surface area contributed by atoms with E-state index in [1.807, 2.05) is 62.3 Å². The maximum atomic E-state index is 11.1. The number of benzene rings is 2. The molecule has 4 rings (SSSR count). The van der Waals surface area contributed by atoms with Gasteiger partial charge in [0, 0.05) is 49.1 Å². The van der Waals surface area contributed by atoms with Crippen LogP contribution in [0.25, 0.3) is 0 Å². The SMILES string of the molecule is CC.COc1ccc([N+](=O)[O-])cc1NNC1c2ccccc2C(Cc2ccncc2)=NN1C. The van der Waals surface area contributed by atoms with Gasteiger partial charge in [0.1, 0.15) is 11.9 Å². The third-order valence-electron chi connectivity index (χ3n) is 5.08. The molecule has 9 heteroatoms. The zero-order valence-corrected chi connectivity index (χ0v) is 19.1. The Balaban J connectivity index is 0.00000149. The van der Waals surface area contributed by atoms with Crippen LogP contribution in [0.3, 0.4) is 0 Å². The Kier molecular flexibility index (Phi) is 7.93. The number of pyridine rings is 1. The lowest BCUT2D eigenvalue weighted by molar-refractivity contribution is -0.384. The number of nitro groups is 1. The minimum Gasteiger partial charge on any atom is -0.495 e. The van der Waals surface area contributed by atoms with Gasteiger partial charge in [-0.25, -0.2) is 5.43 Å². The Morgan fingerprint density at radius 1 is 1.12 bits per heavy atom. The van der Waals surface area contributed by atoms with Crippen LogP contribution in [-0.2, 0) is 6.42 Å². The fourth-order valence-electron chi connectivity index (χ4n) is 3.55. The number of aromatic nitrogens is 1. The summed E-state index contributed by atoms with van der Waals surface area (Å²) in [6.07, 6.45) is 3.94. The van der Waals surface area contributed by atoms with Gasteiger partial charge < -0.3 is 10.2 Å². The average Bonchev–Trinajstić information content (AvgIpc) is 2.85. The molecule has 0 radical (unpaired) electrons. The quantitative estimate of drug-likeness (QED) is 0.404. The minimum absolute atomic E-state index is 0.0276. The van der Waals surface area contributed by atoms with Crippen LogP contribution in [0.5, 0.6) is 5.75 Å². The fraction of sp³-hybridized carbons (Fsp3) is 0.250. The number of nitro benzene ring substituents is 1. The van der Waals surface area contributed by atoms with Gasteiger partial charge in [0.05, 0.1) is 23.4 Å². The van der Waals surface area contributed by atoms with Crippen molar-refractivity contribution in [3.8, 4) is 5.75 Å². The van der Waals surface area contributed by atoms with E-state index in [0.717, 1.165) is 22.4 Å². The summed E-state index contributed by atoms with van der Waals surface area (Å²) in [6, 6.07) is 16.4. The molecule has 2 N–H and O–H groups in total. The number of fused-ring (bicyclic) bond motifs is 1. The van der Waals surface area contributed by atoms with Gasteiger partial charge in [0.15, 0.2) is 0 Å². The maximum Gasteiger partial charge on any atom is 0.271 e. The van der Waals surface area contributed by atoms with E-state index in [4.69, 9.17) is 9.84 Å². The van der Waals surface area contributed by atoms with Gasteiger partial charge in [-0.3, -0.25) is 20.1 Å². The predicted molar refractivity (Wildman–Crippen MR) is 129 cm³/mol. The molecule has 0 saturated heterocycles. The molecule has 1 aliphatic heterocycles. The number of hydrogen-bond acceptors (Lipinski definition) is 8. The second-order valence-electron chi connectivity index (χ2n) is 7.05. The number of hydrazine groups is 1. The highest BCUT2D eigenvalue weighted by atomic mass is 16.6. The first kappa shape index (κ1) is 23.7. The summed E-state index contributed by atoms with van der Waals surface area (Å²) in [5.41, 5.74) is 10.9.